The van der Waals surface area contributed by atoms with Crippen LogP contribution in [0, 0.1) is 5.82 Å². The van der Waals surface area contributed by atoms with Gasteiger partial charge in [-0.25, -0.2) is 14.4 Å². The molecule has 2 aromatic carbocycles. The molecule has 4 nitrogen and oxygen atoms in total. The van der Waals surface area contributed by atoms with Crippen molar-refractivity contribution in [3.63, 3.8) is 0 Å². The van der Waals surface area contributed by atoms with Crippen LogP contribution in [-0.4, -0.2) is 9.97 Å². The fraction of sp³-hybridized carbons (Fsp3) is 0. The summed E-state index contributed by atoms with van der Waals surface area (Å²) in [4.78, 5) is 7.91. The number of anilines is 1. The Hall–Kier alpha value is -2.95. The molecule has 0 radical (unpaired) electrons. The molecule has 0 saturated carbocycles. The van der Waals surface area contributed by atoms with Crippen molar-refractivity contribution < 1.29 is 9.13 Å². The number of ether oxygens (including phenoxy) is 1. The number of nitrogen functional groups attached to an aromatic ring is 1. The highest BCUT2D eigenvalue weighted by atomic mass is 19.1. The van der Waals surface area contributed by atoms with Gasteiger partial charge in [0.25, 0.3) is 0 Å². The highest BCUT2D eigenvalue weighted by molar-refractivity contribution is 5.72. The molecule has 5 heteroatoms. The smallest absolute Gasteiger partial charge is 0.134 e. The first-order valence-corrected chi connectivity index (χ1v) is 6.32. The SMILES string of the molecule is Nc1ncncc1-c1ccc(Oc2cccc(F)c2)cc1. The number of nitrogens with zero attached hydrogens (tertiary/aromatic N) is 2. The lowest BCUT2D eigenvalue weighted by molar-refractivity contribution is 0.477. The number of nitrogens with two attached hydrogens (primary N) is 1. The van der Waals surface area contributed by atoms with Crippen LogP contribution in [0.2, 0.25) is 0 Å². The van der Waals surface area contributed by atoms with Crippen molar-refractivity contribution in [2.45, 2.75) is 0 Å². The summed E-state index contributed by atoms with van der Waals surface area (Å²) >= 11 is 0. The zero-order valence-corrected chi connectivity index (χ0v) is 11.0. The summed E-state index contributed by atoms with van der Waals surface area (Å²) in [5, 5.41) is 0. The minimum atomic E-state index is -0.335. The molecule has 0 atom stereocenters. The van der Waals surface area contributed by atoms with Crippen molar-refractivity contribution in [1.29, 1.82) is 0 Å². The average Bonchev–Trinajstić information content (AvgIpc) is 2.49. The first-order valence-electron chi connectivity index (χ1n) is 6.32. The van der Waals surface area contributed by atoms with Gasteiger partial charge < -0.3 is 10.5 Å². The van der Waals surface area contributed by atoms with E-state index in [-0.39, 0.29) is 5.82 Å². The van der Waals surface area contributed by atoms with Crippen molar-refractivity contribution in [3.05, 3.63) is 66.9 Å². The van der Waals surface area contributed by atoms with E-state index in [4.69, 9.17) is 10.5 Å². The second kappa shape index (κ2) is 5.58. The topological polar surface area (TPSA) is 61.0 Å². The molecule has 1 heterocycles. The average molecular weight is 281 g/mol. The molecule has 2 N–H and O–H groups in total. The van der Waals surface area contributed by atoms with E-state index in [9.17, 15) is 4.39 Å². The highest BCUT2D eigenvalue weighted by Crippen LogP contribution is 2.27. The van der Waals surface area contributed by atoms with E-state index < -0.39 is 0 Å². The van der Waals surface area contributed by atoms with E-state index in [1.54, 1.807) is 30.5 Å². The Morgan fingerprint density at radius 2 is 1.81 bits per heavy atom. The zero-order chi connectivity index (χ0) is 14.7. The lowest BCUT2D eigenvalue weighted by Gasteiger charge is -2.07. The Kier molecular flexibility index (Phi) is 3.47. The third-order valence-electron chi connectivity index (χ3n) is 2.94. The third-order valence-corrected chi connectivity index (χ3v) is 2.94. The number of hydrogen-bond acceptors (Lipinski definition) is 4. The first-order chi connectivity index (χ1) is 10.2. The number of benzene rings is 2. The molecule has 0 aliphatic rings. The fourth-order valence-electron chi connectivity index (χ4n) is 1.93. The normalized spacial score (nSPS) is 10.3. The quantitative estimate of drug-likeness (QED) is 0.796. The Balaban J connectivity index is 1.83. The molecule has 1 aromatic heterocycles. The van der Waals surface area contributed by atoms with Crippen LogP contribution in [0.3, 0.4) is 0 Å². The van der Waals surface area contributed by atoms with Gasteiger partial charge in [0.1, 0.15) is 29.5 Å². The number of rotatable bonds is 3. The maximum Gasteiger partial charge on any atom is 0.134 e. The molecule has 0 unspecified atom stereocenters. The van der Waals surface area contributed by atoms with Crippen LogP contribution in [-0.2, 0) is 0 Å². The minimum absolute atomic E-state index is 0.335. The van der Waals surface area contributed by atoms with E-state index in [1.807, 2.05) is 12.1 Å². The van der Waals surface area contributed by atoms with Gasteiger partial charge >= 0.3 is 0 Å². The van der Waals surface area contributed by atoms with Gasteiger partial charge in [-0.1, -0.05) is 18.2 Å². The molecule has 3 rings (SSSR count). The Morgan fingerprint density at radius 1 is 1.00 bits per heavy atom. The van der Waals surface area contributed by atoms with Crippen molar-refractivity contribution in [1.82, 2.24) is 9.97 Å². The summed E-state index contributed by atoms with van der Waals surface area (Å²) in [6.45, 7) is 0. The van der Waals surface area contributed by atoms with Crippen molar-refractivity contribution >= 4 is 5.82 Å². The standard InChI is InChI=1S/C16H12FN3O/c17-12-2-1-3-14(8-12)21-13-6-4-11(5-7-13)15-9-19-10-20-16(15)18/h1-10H,(H2,18,19,20). The molecule has 0 saturated heterocycles. The van der Waals surface area contributed by atoms with Crippen LogP contribution < -0.4 is 10.5 Å². The predicted octanol–water partition coefficient (Wildman–Crippen LogP) is 3.66. The fourth-order valence-corrected chi connectivity index (χ4v) is 1.93. The predicted molar refractivity (Wildman–Crippen MR) is 78.4 cm³/mol. The Bertz CT molecular complexity index is 759. The molecule has 0 aliphatic carbocycles. The van der Waals surface area contributed by atoms with E-state index in [0.29, 0.717) is 17.3 Å². The summed E-state index contributed by atoms with van der Waals surface area (Å²) in [6, 6.07) is 13.3. The van der Waals surface area contributed by atoms with Crippen LogP contribution in [0.15, 0.2) is 61.1 Å². The highest BCUT2D eigenvalue weighted by Gasteiger charge is 2.04. The second-order valence-corrected chi connectivity index (χ2v) is 4.41. The molecule has 0 aliphatic heterocycles. The molecule has 0 bridgehead atoms. The monoisotopic (exact) mass is 281 g/mol. The maximum atomic E-state index is 13.1. The number of halogens is 1. The molecule has 0 spiro atoms. The summed E-state index contributed by atoms with van der Waals surface area (Å²) in [7, 11) is 0. The molecule has 21 heavy (non-hydrogen) atoms. The number of aromatic nitrogens is 2. The molecule has 3 aromatic rings. The molecule has 0 fully saturated rings. The van der Waals surface area contributed by atoms with Gasteiger partial charge in [-0.2, -0.15) is 0 Å². The first kappa shape index (κ1) is 13.1. The van der Waals surface area contributed by atoms with Crippen molar-refractivity contribution in [2.24, 2.45) is 0 Å². The van der Waals surface area contributed by atoms with Gasteiger partial charge in [-0.15, -0.1) is 0 Å². The molecular weight excluding hydrogens is 269 g/mol. The van der Waals surface area contributed by atoms with E-state index >= 15 is 0 Å². The van der Waals surface area contributed by atoms with Crippen molar-refractivity contribution in [3.8, 4) is 22.6 Å². The van der Waals surface area contributed by atoms with Crippen LogP contribution in [0.5, 0.6) is 11.5 Å². The molecule has 104 valence electrons. The van der Waals surface area contributed by atoms with Gasteiger partial charge in [0.05, 0.1) is 0 Å². The Morgan fingerprint density at radius 3 is 2.52 bits per heavy atom. The third kappa shape index (κ3) is 2.97. The lowest BCUT2D eigenvalue weighted by atomic mass is 10.1. The van der Waals surface area contributed by atoms with Gasteiger partial charge in [0.15, 0.2) is 0 Å². The van der Waals surface area contributed by atoms with Gasteiger partial charge in [0, 0.05) is 17.8 Å². The Labute approximate surface area is 121 Å². The number of hydrogen-bond donors (Lipinski definition) is 1. The summed E-state index contributed by atoms with van der Waals surface area (Å²) in [5.41, 5.74) is 7.45. The van der Waals surface area contributed by atoms with Gasteiger partial charge in [-0.3, -0.25) is 0 Å². The lowest BCUT2D eigenvalue weighted by Crippen LogP contribution is -1.94. The van der Waals surface area contributed by atoms with E-state index in [1.165, 1.54) is 18.5 Å². The largest absolute Gasteiger partial charge is 0.457 e. The maximum absolute atomic E-state index is 13.1. The van der Waals surface area contributed by atoms with Crippen LogP contribution in [0.25, 0.3) is 11.1 Å². The molecule has 0 amide bonds. The van der Waals surface area contributed by atoms with Gasteiger partial charge in [-0.05, 0) is 29.8 Å². The zero-order valence-electron chi connectivity index (χ0n) is 11.0. The summed E-state index contributed by atoms with van der Waals surface area (Å²) in [6.07, 6.45) is 3.06. The van der Waals surface area contributed by atoms with Gasteiger partial charge in [0.2, 0.25) is 0 Å². The van der Waals surface area contributed by atoms with E-state index in [0.717, 1.165) is 11.1 Å². The van der Waals surface area contributed by atoms with Crippen LogP contribution in [0.4, 0.5) is 10.2 Å². The summed E-state index contributed by atoms with van der Waals surface area (Å²) in [5.74, 6) is 1.15. The second-order valence-electron chi connectivity index (χ2n) is 4.41. The van der Waals surface area contributed by atoms with Crippen molar-refractivity contribution in [2.75, 3.05) is 5.73 Å². The van der Waals surface area contributed by atoms with Crippen LogP contribution >= 0.6 is 0 Å². The van der Waals surface area contributed by atoms with Crippen LogP contribution in [0.1, 0.15) is 0 Å². The molecular formula is C16H12FN3O. The van der Waals surface area contributed by atoms with E-state index in [2.05, 4.69) is 9.97 Å². The minimum Gasteiger partial charge on any atom is -0.457 e. The summed E-state index contributed by atoms with van der Waals surface area (Å²) < 4.78 is 18.7.